The first-order valence-corrected chi connectivity index (χ1v) is 9.98. The lowest BCUT2D eigenvalue weighted by Gasteiger charge is -2.13. The van der Waals surface area contributed by atoms with Crippen molar-refractivity contribution in [1.29, 1.82) is 0 Å². The number of benzene rings is 1. The van der Waals surface area contributed by atoms with Crippen LogP contribution in [0.1, 0.15) is 18.4 Å². The van der Waals surface area contributed by atoms with E-state index in [9.17, 15) is 9.59 Å². The van der Waals surface area contributed by atoms with Gasteiger partial charge in [-0.25, -0.2) is 9.78 Å². The molecule has 0 saturated carbocycles. The van der Waals surface area contributed by atoms with E-state index in [1.807, 2.05) is 48.1 Å². The molecule has 0 radical (unpaired) electrons. The summed E-state index contributed by atoms with van der Waals surface area (Å²) in [6, 6.07) is 9.63. The second kappa shape index (κ2) is 7.42. The molecule has 4 heterocycles. The standard InChI is InChI=1S/C21H22N6O3/c1-25-12-15(10-22-25)18-23-19-17(26(18)13-16-8-5-9-30-16)20(28)24-21(29)27(19)11-14-6-3-2-4-7-14/h2-4,6-7,10,12,16H,5,8-9,11,13H2,1H3,(H,24,28,29). The maximum Gasteiger partial charge on any atom is 0.330 e. The third kappa shape index (κ3) is 3.26. The number of hydrogen-bond donors (Lipinski definition) is 1. The third-order valence-corrected chi connectivity index (χ3v) is 5.44. The van der Waals surface area contributed by atoms with Crippen molar-refractivity contribution < 1.29 is 4.74 Å². The number of hydrogen-bond acceptors (Lipinski definition) is 5. The van der Waals surface area contributed by atoms with Crippen LogP contribution in [0.3, 0.4) is 0 Å². The molecule has 5 rings (SSSR count). The fraction of sp³-hybridized carbons (Fsp3) is 0.333. The predicted octanol–water partition coefficient (Wildman–Crippen LogP) is 1.51. The fourth-order valence-electron chi connectivity index (χ4n) is 4.01. The highest BCUT2D eigenvalue weighted by Crippen LogP contribution is 2.25. The van der Waals surface area contributed by atoms with Gasteiger partial charge in [0.1, 0.15) is 5.82 Å². The van der Waals surface area contributed by atoms with Crippen LogP contribution in [0.4, 0.5) is 0 Å². The summed E-state index contributed by atoms with van der Waals surface area (Å²) in [4.78, 5) is 32.8. The van der Waals surface area contributed by atoms with Crippen LogP contribution in [0.25, 0.3) is 22.6 Å². The first-order chi connectivity index (χ1) is 14.6. The van der Waals surface area contributed by atoms with Gasteiger partial charge in [-0.05, 0) is 18.4 Å². The smallest absolute Gasteiger partial charge is 0.330 e. The highest BCUT2D eigenvalue weighted by Gasteiger charge is 2.24. The first-order valence-electron chi connectivity index (χ1n) is 9.98. The number of nitrogens with one attached hydrogen (secondary N) is 1. The average molecular weight is 406 g/mol. The van der Waals surface area contributed by atoms with E-state index in [4.69, 9.17) is 9.72 Å². The van der Waals surface area contributed by atoms with Crippen LogP contribution in [0, 0.1) is 0 Å². The minimum absolute atomic E-state index is 0.00622. The van der Waals surface area contributed by atoms with Crippen molar-refractivity contribution >= 4 is 11.2 Å². The molecule has 4 aromatic rings. The molecule has 1 fully saturated rings. The van der Waals surface area contributed by atoms with Gasteiger partial charge in [0.05, 0.1) is 31.0 Å². The fourth-order valence-corrected chi connectivity index (χ4v) is 4.01. The summed E-state index contributed by atoms with van der Waals surface area (Å²) in [6.45, 7) is 1.53. The molecule has 0 bridgehead atoms. The Morgan fingerprint density at radius 3 is 2.73 bits per heavy atom. The van der Waals surface area contributed by atoms with Gasteiger partial charge in [-0.15, -0.1) is 0 Å². The topological polar surface area (TPSA) is 99.7 Å². The molecule has 0 spiro atoms. The Kier molecular flexibility index (Phi) is 4.59. The monoisotopic (exact) mass is 406 g/mol. The molecular formula is C21H22N6O3. The Morgan fingerprint density at radius 2 is 2.03 bits per heavy atom. The van der Waals surface area contributed by atoms with Gasteiger partial charge in [-0.2, -0.15) is 5.10 Å². The van der Waals surface area contributed by atoms with Crippen LogP contribution in [0.5, 0.6) is 0 Å². The van der Waals surface area contributed by atoms with E-state index in [0.717, 1.165) is 24.0 Å². The summed E-state index contributed by atoms with van der Waals surface area (Å²) < 4.78 is 10.9. The molecule has 9 nitrogen and oxygen atoms in total. The van der Waals surface area contributed by atoms with E-state index in [0.29, 0.717) is 36.7 Å². The second-order valence-corrected chi connectivity index (χ2v) is 7.59. The molecule has 1 N–H and O–H groups in total. The lowest BCUT2D eigenvalue weighted by atomic mass is 10.2. The number of fused-ring (bicyclic) bond motifs is 1. The number of aromatic amines is 1. The number of rotatable bonds is 5. The Balaban J connectivity index is 1.73. The van der Waals surface area contributed by atoms with Gasteiger partial charge in [-0.3, -0.25) is 19.0 Å². The number of aryl methyl sites for hydroxylation is 1. The summed E-state index contributed by atoms with van der Waals surface area (Å²) in [6.07, 6.45) is 5.48. The number of ether oxygens (including phenoxy) is 1. The highest BCUT2D eigenvalue weighted by molar-refractivity contribution is 5.76. The zero-order chi connectivity index (χ0) is 20.7. The second-order valence-electron chi connectivity index (χ2n) is 7.59. The van der Waals surface area contributed by atoms with Crippen LogP contribution in [0.15, 0.2) is 52.3 Å². The molecule has 9 heteroatoms. The largest absolute Gasteiger partial charge is 0.376 e. The molecule has 3 aromatic heterocycles. The zero-order valence-corrected chi connectivity index (χ0v) is 16.6. The average Bonchev–Trinajstić information content (AvgIpc) is 3.47. The summed E-state index contributed by atoms with van der Waals surface area (Å²) in [5, 5.41) is 4.24. The Labute approximate surface area is 171 Å². The van der Waals surface area contributed by atoms with Crippen molar-refractivity contribution in [2.75, 3.05) is 6.61 Å². The van der Waals surface area contributed by atoms with E-state index in [2.05, 4.69) is 10.1 Å². The van der Waals surface area contributed by atoms with Crippen molar-refractivity contribution in [3.63, 3.8) is 0 Å². The predicted molar refractivity (Wildman–Crippen MR) is 111 cm³/mol. The minimum atomic E-state index is -0.476. The summed E-state index contributed by atoms with van der Waals surface area (Å²) >= 11 is 0. The van der Waals surface area contributed by atoms with Crippen LogP contribution in [-0.2, 0) is 24.9 Å². The Bertz CT molecular complexity index is 1310. The Morgan fingerprint density at radius 1 is 1.20 bits per heavy atom. The van der Waals surface area contributed by atoms with Gasteiger partial charge in [0, 0.05) is 19.9 Å². The van der Waals surface area contributed by atoms with Crippen molar-refractivity contribution in [2.45, 2.75) is 32.0 Å². The molecule has 0 amide bonds. The van der Waals surface area contributed by atoms with Gasteiger partial charge in [0.15, 0.2) is 11.2 Å². The van der Waals surface area contributed by atoms with Gasteiger partial charge < -0.3 is 9.30 Å². The number of imidazole rings is 1. The lowest BCUT2D eigenvalue weighted by Crippen LogP contribution is -2.32. The molecule has 30 heavy (non-hydrogen) atoms. The van der Waals surface area contributed by atoms with Gasteiger partial charge >= 0.3 is 5.69 Å². The van der Waals surface area contributed by atoms with E-state index in [1.54, 1.807) is 10.9 Å². The van der Waals surface area contributed by atoms with E-state index in [-0.39, 0.29) is 6.10 Å². The van der Waals surface area contributed by atoms with Crippen molar-refractivity contribution in [2.24, 2.45) is 7.05 Å². The van der Waals surface area contributed by atoms with E-state index < -0.39 is 11.2 Å². The number of H-pyrrole nitrogens is 1. The van der Waals surface area contributed by atoms with Crippen LogP contribution < -0.4 is 11.2 Å². The van der Waals surface area contributed by atoms with Crippen LogP contribution in [-0.4, -0.2) is 41.6 Å². The van der Waals surface area contributed by atoms with Crippen LogP contribution in [0.2, 0.25) is 0 Å². The summed E-state index contributed by atoms with van der Waals surface area (Å²) in [5.74, 6) is 0.603. The minimum Gasteiger partial charge on any atom is -0.376 e. The highest BCUT2D eigenvalue weighted by atomic mass is 16.5. The maximum absolute atomic E-state index is 12.9. The summed E-state index contributed by atoms with van der Waals surface area (Å²) in [5.41, 5.74) is 1.55. The molecule has 1 aliphatic rings. The molecule has 1 saturated heterocycles. The van der Waals surface area contributed by atoms with Gasteiger partial charge in [0.2, 0.25) is 0 Å². The van der Waals surface area contributed by atoms with Crippen molar-refractivity contribution in [3.8, 4) is 11.4 Å². The Hall–Kier alpha value is -3.46. The van der Waals surface area contributed by atoms with Crippen LogP contribution >= 0.6 is 0 Å². The quantitative estimate of drug-likeness (QED) is 0.542. The molecule has 1 unspecified atom stereocenters. The third-order valence-electron chi connectivity index (χ3n) is 5.44. The number of aromatic nitrogens is 6. The van der Waals surface area contributed by atoms with E-state index >= 15 is 0 Å². The van der Waals surface area contributed by atoms with Gasteiger partial charge in [-0.1, -0.05) is 30.3 Å². The normalized spacial score (nSPS) is 16.5. The van der Waals surface area contributed by atoms with Crippen molar-refractivity contribution in [1.82, 2.24) is 28.9 Å². The lowest BCUT2D eigenvalue weighted by molar-refractivity contribution is 0.0982. The number of nitrogens with zero attached hydrogens (tertiary/aromatic N) is 5. The summed E-state index contributed by atoms with van der Waals surface area (Å²) in [7, 11) is 1.83. The molecule has 154 valence electrons. The molecular weight excluding hydrogens is 384 g/mol. The van der Waals surface area contributed by atoms with Crippen molar-refractivity contribution in [3.05, 3.63) is 69.1 Å². The first kappa shape index (κ1) is 18.6. The van der Waals surface area contributed by atoms with E-state index in [1.165, 1.54) is 4.57 Å². The molecule has 1 aliphatic heterocycles. The maximum atomic E-state index is 12.9. The molecule has 1 atom stereocenters. The molecule has 0 aliphatic carbocycles. The molecule has 1 aromatic carbocycles. The van der Waals surface area contributed by atoms with Gasteiger partial charge in [0.25, 0.3) is 5.56 Å². The SMILES string of the molecule is Cn1cc(-c2nc3c(c(=O)[nH]c(=O)n3Cc3ccccc3)n2CC2CCCO2)cn1. The zero-order valence-electron chi connectivity index (χ0n) is 16.6.